The third kappa shape index (κ3) is 6.20. The Morgan fingerprint density at radius 2 is 2.00 bits per heavy atom. The number of amides is 2. The van der Waals surface area contributed by atoms with Crippen LogP contribution in [0.25, 0.3) is 10.9 Å². The summed E-state index contributed by atoms with van der Waals surface area (Å²) < 4.78 is 30.8. The SMILES string of the molecule is CC1CN(C(=O)N2CCC(OCOc3ccc4ncnc(Nc5ccc(F)c(Cl)c5)c4c3)CC2)CCO1. The Morgan fingerprint density at radius 3 is 2.78 bits per heavy atom. The van der Waals surface area contributed by atoms with Crippen molar-refractivity contribution in [2.45, 2.75) is 32.0 Å². The first-order chi connectivity index (χ1) is 18.0. The Kier molecular flexibility index (Phi) is 7.87. The summed E-state index contributed by atoms with van der Waals surface area (Å²) in [5.41, 5.74) is 1.33. The molecule has 0 radical (unpaired) electrons. The number of urea groups is 1. The van der Waals surface area contributed by atoms with Crippen molar-refractivity contribution in [2.75, 3.05) is 44.9 Å². The molecule has 5 rings (SSSR count). The second-order valence-electron chi connectivity index (χ2n) is 9.18. The van der Waals surface area contributed by atoms with Crippen LogP contribution in [0.3, 0.4) is 0 Å². The van der Waals surface area contributed by atoms with Gasteiger partial charge in [-0.05, 0) is 56.2 Å². The molecular weight excluding hydrogens is 501 g/mol. The molecule has 0 bridgehead atoms. The standard InChI is InChI=1S/C26H29ClFN5O4/c1-17-14-33(10-11-35-17)26(34)32-8-6-19(7-9-32)36-16-37-20-3-5-24-21(13-20)25(30-15-29-24)31-18-2-4-23(28)22(27)12-18/h2-5,12-13,15,17,19H,6-11,14,16H2,1H3,(H,29,30,31). The van der Waals surface area contributed by atoms with Gasteiger partial charge in [0.1, 0.15) is 23.7 Å². The van der Waals surface area contributed by atoms with Gasteiger partial charge in [0.2, 0.25) is 0 Å². The lowest BCUT2D eigenvalue weighted by atomic mass is 10.1. The van der Waals surface area contributed by atoms with E-state index in [0.29, 0.717) is 50.0 Å². The zero-order valence-corrected chi connectivity index (χ0v) is 21.3. The third-order valence-electron chi connectivity index (χ3n) is 6.54. The van der Waals surface area contributed by atoms with Crippen LogP contribution in [0, 0.1) is 5.82 Å². The van der Waals surface area contributed by atoms with Crippen molar-refractivity contribution in [1.29, 1.82) is 0 Å². The number of rotatable bonds is 6. The molecule has 2 saturated heterocycles. The van der Waals surface area contributed by atoms with Crippen LogP contribution in [-0.4, -0.2) is 77.6 Å². The molecule has 3 aromatic rings. The zero-order valence-electron chi connectivity index (χ0n) is 20.5. The summed E-state index contributed by atoms with van der Waals surface area (Å²) in [6, 6.07) is 9.95. The fourth-order valence-corrected chi connectivity index (χ4v) is 4.72. The summed E-state index contributed by atoms with van der Waals surface area (Å²) in [7, 11) is 0. The van der Waals surface area contributed by atoms with Gasteiger partial charge in [-0.2, -0.15) is 0 Å². The van der Waals surface area contributed by atoms with Crippen LogP contribution in [0.4, 0.5) is 20.7 Å². The minimum atomic E-state index is -0.487. The van der Waals surface area contributed by atoms with E-state index >= 15 is 0 Å². The number of anilines is 2. The Morgan fingerprint density at radius 1 is 1.16 bits per heavy atom. The van der Waals surface area contributed by atoms with Crippen LogP contribution in [0.5, 0.6) is 5.75 Å². The Labute approximate surface area is 219 Å². The average molecular weight is 530 g/mol. The number of fused-ring (bicyclic) bond motifs is 1. The molecule has 1 aromatic heterocycles. The van der Waals surface area contributed by atoms with E-state index in [9.17, 15) is 9.18 Å². The van der Waals surface area contributed by atoms with Gasteiger partial charge in [0.05, 0.1) is 29.4 Å². The Hall–Kier alpha value is -3.21. The van der Waals surface area contributed by atoms with Gasteiger partial charge in [0, 0.05) is 37.3 Å². The fraction of sp³-hybridized carbons (Fsp3) is 0.423. The second-order valence-corrected chi connectivity index (χ2v) is 9.59. The molecular formula is C26H29ClFN5O4. The molecule has 2 aliphatic heterocycles. The van der Waals surface area contributed by atoms with Gasteiger partial charge in [-0.3, -0.25) is 0 Å². The summed E-state index contributed by atoms with van der Waals surface area (Å²) >= 11 is 5.90. The highest BCUT2D eigenvalue weighted by Gasteiger charge is 2.29. The molecule has 2 aromatic carbocycles. The molecule has 2 fully saturated rings. The van der Waals surface area contributed by atoms with E-state index in [4.69, 9.17) is 25.8 Å². The summed E-state index contributed by atoms with van der Waals surface area (Å²) in [4.78, 5) is 25.2. The number of aromatic nitrogens is 2. The number of nitrogens with zero attached hydrogens (tertiary/aromatic N) is 4. The minimum Gasteiger partial charge on any atom is -0.468 e. The number of hydrogen-bond donors (Lipinski definition) is 1. The molecule has 2 aliphatic rings. The van der Waals surface area contributed by atoms with Gasteiger partial charge in [0.15, 0.2) is 6.79 Å². The number of benzene rings is 2. The molecule has 1 atom stereocenters. The number of hydrogen-bond acceptors (Lipinski definition) is 7. The number of halogens is 2. The Balaban J connectivity index is 1.14. The molecule has 37 heavy (non-hydrogen) atoms. The lowest BCUT2D eigenvalue weighted by Gasteiger charge is -2.38. The van der Waals surface area contributed by atoms with Crippen molar-refractivity contribution in [3.8, 4) is 5.75 Å². The van der Waals surface area contributed by atoms with E-state index in [1.54, 1.807) is 6.07 Å². The van der Waals surface area contributed by atoms with Crippen molar-refractivity contribution in [2.24, 2.45) is 0 Å². The number of piperidine rings is 1. The highest BCUT2D eigenvalue weighted by Crippen LogP contribution is 2.28. The van der Waals surface area contributed by atoms with Crippen molar-refractivity contribution in [3.05, 3.63) is 53.6 Å². The van der Waals surface area contributed by atoms with E-state index < -0.39 is 5.82 Å². The maximum Gasteiger partial charge on any atom is 0.320 e. The van der Waals surface area contributed by atoms with Crippen LogP contribution in [0.1, 0.15) is 19.8 Å². The monoisotopic (exact) mass is 529 g/mol. The average Bonchev–Trinajstić information content (AvgIpc) is 2.91. The van der Waals surface area contributed by atoms with Gasteiger partial charge in [-0.15, -0.1) is 0 Å². The Bertz CT molecular complexity index is 1260. The highest BCUT2D eigenvalue weighted by atomic mass is 35.5. The van der Waals surface area contributed by atoms with Gasteiger partial charge in [-0.25, -0.2) is 19.2 Å². The van der Waals surface area contributed by atoms with Crippen molar-refractivity contribution < 1.29 is 23.4 Å². The second kappa shape index (κ2) is 11.5. The lowest BCUT2D eigenvalue weighted by molar-refractivity contribution is -0.0585. The number of carbonyl (C=O) groups is 1. The van der Waals surface area contributed by atoms with Gasteiger partial charge >= 0.3 is 6.03 Å². The van der Waals surface area contributed by atoms with Crippen LogP contribution >= 0.6 is 11.6 Å². The predicted octanol–water partition coefficient (Wildman–Crippen LogP) is 4.82. The van der Waals surface area contributed by atoms with E-state index in [1.807, 2.05) is 34.9 Å². The van der Waals surface area contributed by atoms with E-state index in [-0.39, 0.29) is 30.1 Å². The molecule has 1 N–H and O–H groups in total. The minimum absolute atomic E-state index is 0.0235. The topological polar surface area (TPSA) is 89.1 Å². The number of nitrogens with one attached hydrogen (secondary N) is 1. The van der Waals surface area contributed by atoms with Crippen LogP contribution in [0.2, 0.25) is 5.02 Å². The smallest absolute Gasteiger partial charge is 0.320 e. The molecule has 9 nitrogen and oxygen atoms in total. The third-order valence-corrected chi connectivity index (χ3v) is 6.83. The maximum absolute atomic E-state index is 13.5. The largest absolute Gasteiger partial charge is 0.468 e. The lowest BCUT2D eigenvalue weighted by Crippen LogP contribution is -2.52. The quantitative estimate of drug-likeness (QED) is 0.458. The first-order valence-electron chi connectivity index (χ1n) is 12.3. The summed E-state index contributed by atoms with van der Waals surface area (Å²) in [6.45, 7) is 5.25. The normalized spacial score (nSPS) is 18.7. The molecule has 1 unspecified atom stereocenters. The predicted molar refractivity (Wildman–Crippen MR) is 138 cm³/mol. The van der Waals surface area contributed by atoms with E-state index in [1.165, 1.54) is 18.5 Å². The van der Waals surface area contributed by atoms with E-state index in [2.05, 4.69) is 15.3 Å². The number of morpholine rings is 1. The van der Waals surface area contributed by atoms with Crippen LogP contribution < -0.4 is 10.1 Å². The van der Waals surface area contributed by atoms with Gasteiger partial charge < -0.3 is 29.3 Å². The fourth-order valence-electron chi connectivity index (χ4n) is 4.54. The number of carbonyl (C=O) groups excluding carboxylic acids is 1. The summed E-state index contributed by atoms with van der Waals surface area (Å²) in [6.07, 6.45) is 3.07. The molecule has 2 amide bonds. The van der Waals surface area contributed by atoms with Crippen LogP contribution in [-0.2, 0) is 9.47 Å². The molecule has 0 aliphatic carbocycles. The van der Waals surface area contributed by atoms with Gasteiger partial charge in [-0.1, -0.05) is 11.6 Å². The van der Waals surface area contributed by atoms with Crippen molar-refractivity contribution in [1.82, 2.24) is 19.8 Å². The van der Waals surface area contributed by atoms with Crippen molar-refractivity contribution in [3.63, 3.8) is 0 Å². The highest BCUT2D eigenvalue weighted by molar-refractivity contribution is 6.31. The maximum atomic E-state index is 13.5. The first-order valence-corrected chi connectivity index (χ1v) is 12.7. The van der Waals surface area contributed by atoms with E-state index in [0.717, 1.165) is 23.7 Å². The van der Waals surface area contributed by atoms with Crippen molar-refractivity contribution >= 4 is 40.0 Å². The number of ether oxygens (including phenoxy) is 3. The zero-order chi connectivity index (χ0) is 25.8. The molecule has 0 saturated carbocycles. The molecule has 0 spiro atoms. The summed E-state index contributed by atoms with van der Waals surface area (Å²) in [5, 5.41) is 3.92. The molecule has 11 heteroatoms. The number of likely N-dealkylation sites (tertiary alicyclic amines) is 1. The van der Waals surface area contributed by atoms with Gasteiger partial charge in [0.25, 0.3) is 0 Å². The summed E-state index contributed by atoms with van der Waals surface area (Å²) in [5.74, 6) is 0.668. The van der Waals surface area contributed by atoms with Crippen LogP contribution in [0.15, 0.2) is 42.7 Å². The molecule has 3 heterocycles. The molecule has 196 valence electrons. The first kappa shape index (κ1) is 25.4.